The summed E-state index contributed by atoms with van der Waals surface area (Å²) >= 11 is -2.12. The summed E-state index contributed by atoms with van der Waals surface area (Å²) in [7, 11) is 0. The molecule has 150 valence electrons. The first-order chi connectivity index (χ1) is 12.0. The van der Waals surface area contributed by atoms with E-state index >= 15 is 0 Å². The summed E-state index contributed by atoms with van der Waals surface area (Å²) in [4.78, 5) is 0. The van der Waals surface area contributed by atoms with Gasteiger partial charge in [-0.05, 0) is 0 Å². The molecule has 1 fully saturated rings. The molecule has 1 aliphatic carbocycles. The van der Waals surface area contributed by atoms with E-state index in [0.717, 1.165) is 17.8 Å². The third-order valence-corrected chi connectivity index (χ3v) is 21.1. The monoisotopic (exact) mass is 460 g/mol. The topological polar surface area (TPSA) is 9.23 Å². The average Bonchev–Trinajstić information content (AvgIpc) is 2.60. The van der Waals surface area contributed by atoms with Crippen LogP contribution in [0.1, 0.15) is 99.3 Å². The van der Waals surface area contributed by atoms with Crippen LogP contribution in [0.4, 0.5) is 0 Å². The Hall–Kier alpha value is 0.759. The second kappa shape index (κ2) is 13.0. The molecule has 1 rings (SSSR count). The van der Waals surface area contributed by atoms with E-state index in [1.54, 1.807) is 13.3 Å². The van der Waals surface area contributed by atoms with E-state index in [4.69, 9.17) is 4.74 Å². The molecule has 3 unspecified atom stereocenters. The first-order valence-corrected chi connectivity index (χ1v) is 19.7. The average molecular weight is 459 g/mol. The Morgan fingerprint density at radius 3 is 1.84 bits per heavy atom. The van der Waals surface area contributed by atoms with Crippen molar-refractivity contribution in [3.8, 4) is 0 Å². The molecule has 0 bridgehead atoms. The molecule has 1 nitrogen and oxygen atoms in total. The van der Waals surface area contributed by atoms with Crippen molar-refractivity contribution in [3.05, 3.63) is 0 Å². The molecule has 2 heteroatoms. The van der Waals surface area contributed by atoms with Gasteiger partial charge >= 0.3 is 164 Å². The number of unbranched alkanes of at least 4 members (excludes halogenated alkanes) is 3. The van der Waals surface area contributed by atoms with Crippen molar-refractivity contribution in [1.29, 1.82) is 0 Å². The number of rotatable bonds is 13. The Labute approximate surface area is 163 Å². The Kier molecular flexibility index (Phi) is 12.4. The molecule has 0 spiro atoms. The Balaban J connectivity index is 2.78. The maximum absolute atomic E-state index is 6.88. The van der Waals surface area contributed by atoms with Gasteiger partial charge in [0.2, 0.25) is 0 Å². The Morgan fingerprint density at radius 1 is 0.880 bits per heavy atom. The van der Waals surface area contributed by atoms with E-state index in [1.807, 2.05) is 0 Å². The van der Waals surface area contributed by atoms with Crippen LogP contribution in [0.25, 0.3) is 0 Å². The summed E-state index contributed by atoms with van der Waals surface area (Å²) < 4.78 is 12.9. The first kappa shape index (κ1) is 23.8. The Morgan fingerprint density at radius 2 is 1.40 bits per heavy atom. The predicted molar refractivity (Wildman–Crippen MR) is 116 cm³/mol. The second-order valence-corrected chi connectivity index (χ2v) is 23.2. The van der Waals surface area contributed by atoms with Gasteiger partial charge in [-0.3, -0.25) is 0 Å². The molecule has 1 saturated carbocycles. The summed E-state index contributed by atoms with van der Waals surface area (Å²) in [5.74, 6) is 2.46. The normalized spacial score (nSPS) is 24.8. The zero-order chi connectivity index (χ0) is 18.7. The summed E-state index contributed by atoms with van der Waals surface area (Å²) in [6, 6.07) is 0. The zero-order valence-electron chi connectivity index (χ0n) is 18.4. The maximum atomic E-state index is 6.88. The molecule has 0 aromatic rings. The van der Waals surface area contributed by atoms with E-state index in [1.165, 1.54) is 62.4 Å². The summed E-state index contributed by atoms with van der Waals surface area (Å²) in [6.45, 7) is 14.4. The summed E-state index contributed by atoms with van der Waals surface area (Å²) in [5.41, 5.74) is 0. The van der Waals surface area contributed by atoms with Crippen LogP contribution in [-0.2, 0) is 4.74 Å². The van der Waals surface area contributed by atoms with Gasteiger partial charge < -0.3 is 0 Å². The van der Waals surface area contributed by atoms with Crippen molar-refractivity contribution in [2.75, 3.05) is 4.62 Å². The van der Waals surface area contributed by atoms with E-state index in [0.29, 0.717) is 6.10 Å². The standard InChI is InChI=1S/C11H21O.3C4H9.Sn/c1-8(2)10-6-5-9(3)7-11(10)12-4;3*1-3-4-2;/h8-11H,4-7H2,1-3H3;3*1,3-4H2,2H3;. The molecule has 0 aromatic carbocycles. The van der Waals surface area contributed by atoms with Crippen molar-refractivity contribution in [2.45, 2.75) is 119 Å². The predicted octanol–water partition coefficient (Wildman–Crippen LogP) is 7.85. The van der Waals surface area contributed by atoms with Gasteiger partial charge in [-0.25, -0.2) is 0 Å². The molecule has 25 heavy (non-hydrogen) atoms. The van der Waals surface area contributed by atoms with Gasteiger partial charge in [0.05, 0.1) is 0 Å². The van der Waals surface area contributed by atoms with Crippen molar-refractivity contribution >= 4 is 18.4 Å². The van der Waals surface area contributed by atoms with E-state index < -0.39 is 18.4 Å². The van der Waals surface area contributed by atoms with Crippen molar-refractivity contribution in [1.82, 2.24) is 0 Å². The van der Waals surface area contributed by atoms with Crippen LogP contribution in [-0.4, -0.2) is 29.1 Å². The van der Waals surface area contributed by atoms with Crippen LogP contribution in [0.3, 0.4) is 0 Å². The number of hydrogen-bond acceptors (Lipinski definition) is 1. The first-order valence-electron chi connectivity index (χ1n) is 11.6. The number of hydrogen-bond donors (Lipinski definition) is 0. The summed E-state index contributed by atoms with van der Waals surface area (Å²) in [5, 5.41) is 0. The minimum atomic E-state index is -2.12. The molecule has 0 N–H and O–H groups in total. The minimum absolute atomic E-state index is 0.560. The molecule has 0 amide bonds. The molecular weight excluding hydrogens is 411 g/mol. The fourth-order valence-corrected chi connectivity index (χ4v) is 19.3. The van der Waals surface area contributed by atoms with Gasteiger partial charge in [0.15, 0.2) is 0 Å². The quantitative estimate of drug-likeness (QED) is 0.255. The Bertz CT molecular complexity index is 306. The van der Waals surface area contributed by atoms with Crippen LogP contribution in [0.5, 0.6) is 0 Å². The van der Waals surface area contributed by atoms with Crippen molar-refractivity contribution in [3.63, 3.8) is 0 Å². The van der Waals surface area contributed by atoms with Crippen LogP contribution in [0.15, 0.2) is 0 Å². The molecule has 0 radical (unpaired) electrons. The van der Waals surface area contributed by atoms with Crippen LogP contribution >= 0.6 is 0 Å². The molecule has 0 saturated heterocycles. The van der Waals surface area contributed by atoms with Gasteiger partial charge in [-0.15, -0.1) is 0 Å². The third-order valence-electron chi connectivity index (χ3n) is 6.75. The molecule has 0 aliphatic heterocycles. The van der Waals surface area contributed by atoms with Gasteiger partial charge in [0, 0.05) is 0 Å². The van der Waals surface area contributed by atoms with Crippen LogP contribution in [0.2, 0.25) is 13.3 Å². The molecule has 3 atom stereocenters. The van der Waals surface area contributed by atoms with E-state index in [-0.39, 0.29) is 0 Å². The van der Waals surface area contributed by atoms with E-state index in [2.05, 4.69) is 41.5 Å². The van der Waals surface area contributed by atoms with Crippen molar-refractivity contribution < 1.29 is 4.74 Å². The fourth-order valence-electron chi connectivity index (χ4n) is 4.84. The summed E-state index contributed by atoms with van der Waals surface area (Å²) in [6.07, 6.45) is 13.2. The third kappa shape index (κ3) is 8.54. The van der Waals surface area contributed by atoms with Gasteiger partial charge in [0.25, 0.3) is 0 Å². The van der Waals surface area contributed by atoms with Crippen LogP contribution < -0.4 is 0 Å². The van der Waals surface area contributed by atoms with E-state index in [9.17, 15) is 0 Å². The molecular formula is C23H48OSn. The fraction of sp³-hybridized carbons (Fsp3) is 1.00. The molecule has 0 heterocycles. The van der Waals surface area contributed by atoms with Crippen LogP contribution in [0, 0.1) is 17.8 Å². The second-order valence-electron chi connectivity index (χ2n) is 9.49. The van der Waals surface area contributed by atoms with Gasteiger partial charge in [-0.1, -0.05) is 0 Å². The number of ether oxygens (including phenoxy) is 1. The zero-order valence-corrected chi connectivity index (χ0v) is 21.3. The van der Waals surface area contributed by atoms with Gasteiger partial charge in [-0.2, -0.15) is 0 Å². The SMILES string of the molecule is CCC[CH2][Sn]([CH2]CCC)([CH2]CCC)[CH2]OC1CC(C)CCC1C(C)C. The molecule has 1 aliphatic rings. The van der Waals surface area contributed by atoms with Crippen molar-refractivity contribution in [2.24, 2.45) is 17.8 Å². The van der Waals surface area contributed by atoms with Gasteiger partial charge in [0.1, 0.15) is 0 Å². The molecule has 0 aromatic heterocycles.